The Balaban J connectivity index is 2.51. The molecule has 0 bridgehead atoms. The van der Waals surface area contributed by atoms with Crippen LogP contribution in [0.5, 0.6) is 11.5 Å². The Kier molecular flexibility index (Phi) is 5.33. The second kappa shape index (κ2) is 6.78. The Morgan fingerprint density at radius 1 is 1.18 bits per heavy atom. The first kappa shape index (κ1) is 13.4. The van der Waals surface area contributed by atoms with Gasteiger partial charge in [-0.05, 0) is 37.0 Å². The number of aliphatic carboxylic acids is 1. The molecule has 0 aliphatic carbocycles. The van der Waals surface area contributed by atoms with Crippen molar-refractivity contribution in [2.24, 2.45) is 0 Å². The standard InChI is InChI=1S/C13H18O4/c1-16-11-8-7-10(9-12(11)17-2)5-3-4-6-13(14)15/h7-9H,3-6H2,1-2H3,(H,14,15). The van der Waals surface area contributed by atoms with Crippen LogP contribution < -0.4 is 9.47 Å². The van der Waals surface area contributed by atoms with Crippen molar-refractivity contribution in [2.75, 3.05) is 14.2 Å². The lowest BCUT2D eigenvalue weighted by atomic mass is 10.1. The van der Waals surface area contributed by atoms with Crippen LogP contribution in [-0.2, 0) is 11.2 Å². The van der Waals surface area contributed by atoms with E-state index < -0.39 is 5.97 Å². The number of carboxylic acids is 1. The molecule has 1 aromatic rings. The number of ether oxygens (including phenoxy) is 2. The molecular formula is C13H18O4. The third-order valence-electron chi connectivity index (χ3n) is 2.55. The Morgan fingerprint density at radius 3 is 2.47 bits per heavy atom. The number of carbonyl (C=O) groups is 1. The van der Waals surface area contributed by atoms with Crippen molar-refractivity contribution >= 4 is 5.97 Å². The molecule has 4 heteroatoms. The van der Waals surface area contributed by atoms with Gasteiger partial charge < -0.3 is 14.6 Å². The van der Waals surface area contributed by atoms with Crippen molar-refractivity contribution in [3.05, 3.63) is 23.8 Å². The van der Waals surface area contributed by atoms with Crippen molar-refractivity contribution in [2.45, 2.75) is 25.7 Å². The van der Waals surface area contributed by atoms with E-state index in [-0.39, 0.29) is 6.42 Å². The van der Waals surface area contributed by atoms with Crippen molar-refractivity contribution in [3.63, 3.8) is 0 Å². The van der Waals surface area contributed by atoms with Gasteiger partial charge in [0.05, 0.1) is 14.2 Å². The minimum Gasteiger partial charge on any atom is -0.493 e. The molecule has 0 radical (unpaired) electrons. The first-order chi connectivity index (χ1) is 8.17. The summed E-state index contributed by atoms with van der Waals surface area (Å²) in [7, 11) is 3.20. The Bertz CT molecular complexity index is 374. The maximum atomic E-state index is 10.4. The van der Waals surface area contributed by atoms with Gasteiger partial charge in [0.1, 0.15) is 0 Å². The topological polar surface area (TPSA) is 55.8 Å². The summed E-state index contributed by atoms with van der Waals surface area (Å²) in [5, 5.41) is 8.52. The maximum absolute atomic E-state index is 10.4. The van der Waals surface area contributed by atoms with Gasteiger partial charge in [-0.2, -0.15) is 0 Å². The van der Waals surface area contributed by atoms with Crippen LogP contribution in [-0.4, -0.2) is 25.3 Å². The van der Waals surface area contributed by atoms with Crippen LogP contribution in [0, 0.1) is 0 Å². The molecule has 1 rings (SSSR count). The highest BCUT2D eigenvalue weighted by atomic mass is 16.5. The van der Waals surface area contributed by atoms with Gasteiger partial charge in [0.25, 0.3) is 0 Å². The highest BCUT2D eigenvalue weighted by Crippen LogP contribution is 2.28. The van der Waals surface area contributed by atoms with E-state index in [0.29, 0.717) is 17.9 Å². The summed E-state index contributed by atoms with van der Waals surface area (Å²) in [5.74, 6) is 0.683. The van der Waals surface area contributed by atoms with Crippen LogP contribution in [0.4, 0.5) is 0 Å². The SMILES string of the molecule is COc1ccc(CCCCC(=O)O)cc1OC. The summed E-state index contributed by atoms with van der Waals surface area (Å²) < 4.78 is 10.3. The van der Waals surface area contributed by atoms with Crippen molar-refractivity contribution in [3.8, 4) is 11.5 Å². The third kappa shape index (κ3) is 4.34. The Morgan fingerprint density at radius 2 is 1.88 bits per heavy atom. The molecule has 0 unspecified atom stereocenters. The molecule has 4 nitrogen and oxygen atoms in total. The third-order valence-corrected chi connectivity index (χ3v) is 2.55. The lowest BCUT2D eigenvalue weighted by Crippen LogP contribution is -1.96. The van der Waals surface area contributed by atoms with Crippen LogP contribution in [0.3, 0.4) is 0 Å². The first-order valence-electron chi connectivity index (χ1n) is 5.60. The van der Waals surface area contributed by atoms with Gasteiger partial charge in [-0.3, -0.25) is 4.79 Å². The first-order valence-corrected chi connectivity index (χ1v) is 5.60. The van der Waals surface area contributed by atoms with Gasteiger partial charge in [0.15, 0.2) is 11.5 Å². The van der Waals surface area contributed by atoms with E-state index in [2.05, 4.69) is 0 Å². The smallest absolute Gasteiger partial charge is 0.303 e. The summed E-state index contributed by atoms with van der Waals surface area (Å²) >= 11 is 0. The predicted octanol–water partition coefficient (Wildman–Crippen LogP) is 2.50. The van der Waals surface area contributed by atoms with Crippen LogP contribution in [0.15, 0.2) is 18.2 Å². The molecule has 0 atom stereocenters. The summed E-state index contributed by atoms with van der Waals surface area (Å²) in [6.45, 7) is 0. The molecule has 17 heavy (non-hydrogen) atoms. The lowest BCUT2D eigenvalue weighted by Gasteiger charge is -2.09. The second-order valence-corrected chi connectivity index (χ2v) is 3.79. The fraction of sp³-hybridized carbons (Fsp3) is 0.462. The van der Waals surface area contributed by atoms with Gasteiger partial charge in [0.2, 0.25) is 0 Å². The quantitative estimate of drug-likeness (QED) is 0.741. The highest BCUT2D eigenvalue weighted by Gasteiger charge is 2.04. The zero-order valence-corrected chi connectivity index (χ0v) is 10.2. The summed E-state index contributed by atoms with van der Waals surface area (Å²) in [6.07, 6.45) is 2.65. The number of rotatable bonds is 7. The van der Waals surface area contributed by atoms with Crippen molar-refractivity contribution in [1.29, 1.82) is 0 Å². The average Bonchev–Trinajstić information content (AvgIpc) is 2.34. The summed E-state index contributed by atoms with van der Waals surface area (Å²) in [6, 6.07) is 5.77. The van der Waals surface area contributed by atoms with Crippen LogP contribution in [0.25, 0.3) is 0 Å². The van der Waals surface area contributed by atoms with E-state index in [9.17, 15) is 4.79 Å². The largest absolute Gasteiger partial charge is 0.493 e. The number of methoxy groups -OCH3 is 2. The molecule has 94 valence electrons. The minimum atomic E-state index is -0.739. The molecule has 0 spiro atoms. The number of carboxylic acid groups (broad SMARTS) is 1. The second-order valence-electron chi connectivity index (χ2n) is 3.79. The highest BCUT2D eigenvalue weighted by molar-refractivity contribution is 5.66. The van der Waals surface area contributed by atoms with Crippen molar-refractivity contribution in [1.82, 2.24) is 0 Å². The fourth-order valence-corrected chi connectivity index (χ4v) is 1.64. The van der Waals surface area contributed by atoms with E-state index in [0.717, 1.165) is 18.4 Å². The zero-order chi connectivity index (χ0) is 12.7. The minimum absolute atomic E-state index is 0.229. The summed E-state index contributed by atoms with van der Waals surface area (Å²) in [4.78, 5) is 10.4. The monoisotopic (exact) mass is 238 g/mol. The number of hydrogen-bond donors (Lipinski definition) is 1. The number of aryl methyl sites for hydroxylation is 1. The maximum Gasteiger partial charge on any atom is 0.303 e. The molecule has 0 saturated heterocycles. The Hall–Kier alpha value is -1.71. The van der Waals surface area contributed by atoms with Gasteiger partial charge in [0, 0.05) is 6.42 Å². The van der Waals surface area contributed by atoms with E-state index in [1.807, 2.05) is 18.2 Å². The van der Waals surface area contributed by atoms with E-state index in [1.54, 1.807) is 14.2 Å². The van der Waals surface area contributed by atoms with E-state index in [4.69, 9.17) is 14.6 Å². The number of benzene rings is 1. The summed E-state index contributed by atoms with van der Waals surface area (Å²) in [5.41, 5.74) is 1.13. The van der Waals surface area contributed by atoms with Gasteiger partial charge in [-0.25, -0.2) is 0 Å². The number of hydrogen-bond acceptors (Lipinski definition) is 3. The fourth-order valence-electron chi connectivity index (χ4n) is 1.64. The molecule has 0 aliphatic heterocycles. The van der Waals surface area contributed by atoms with E-state index >= 15 is 0 Å². The normalized spacial score (nSPS) is 10.0. The zero-order valence-electron chi connectivity index (χ0n) is 10.2. The van der Waals surface area contributed by atoms with Crippen molar-refractivity contribution < 1.29 is 19.4 Å². The van der Waals surface area contributed by atoms with Gasteiger partial charge in [-0.1, -0.05) is 6.07 Å². The molecule has 0 fully saturated rings. The molecule has 0 saturated carbocycles. The van der Waals surface area contributed by atoms with Crippen LogP contribution in [0.2, 0.25) is 0 Å². The molecule has 0 aliphatic rings. The molecule has 1 N–H and O–H groups in total. The van der Waals surface area contributed by atoms with Gasteiger partial charge >= 0.3 is 5.97 Å². The lowest BCUT2D eigenvalue weighted by molar-refractivity contribution is -0.137. The Labute approximate surface area is 101 Å². The molecule has 0 heterocycles. The van der Waals surface area contributed by atoms with Crippen LogP contribution >= 0.6 is 0 Å². The molecule has 1 aromatic carbocycles. The molecule has 0 amide bonds. The molecular weight excluding hydrogens is 220 g/mol. The molecule has 0 aromatic heterocycles. The average molecular weight is 238 g/mol. The predicted molar refractivity (Wildman–Crippen MR) is 64.7 cm³/mol. The van der Waals surface area contributed by atoms with Crippen LogP contribution in [0.1, 0.15) is 24.8 Å². The van der Waals surface area contributed by atoms with Gasteiger partial charge in [-0.15, -0.1) is 0 Å². The number of unbranched alkanes of at least 4 members (excludes halogenated alkanes) is 1. The van der Waals surface area contributed by atoms with E-state index in [1.165, 1.54) is 0 Å².